The van der Waals surface area contributed by atoms with Crippen LogP contribution in [0.3, 0.4) is 0 Å². The minimum atomic E-state index is -1.03. The maximum Gasteiger partial charge on any atom is 0.326 e. The second-order valence-electron chi connectivity index (χ2n) is 5.27. The van der Waals surface area contributed by atoms with Crippen LogP contribution >= 0.6 is 0 Å². The van der Waals surface area contributed by atoms with Crippen molar-refractivity contribution in [1.82, 2.24) is 5.32 Å². The summed E-state index contributed by atoms with van der Waals surface area (Å²) in [6.07, 6.45) is 1.43. The van der Waals surface area contributed by atoms with Crippen LogP contribution in [0, 0.1) is 5.92 Å². The quantitative estimate of drug-likeness (QED) is 0.537. The molecule has 0 aliphatic heterocycles. The molecule has 6 heteroatoms. The third-order valence-corrected chi connectivity index (χ3v) is 3.08. The lowest BCUT2D eigenvalue weighted by molar-refractivity contribution is -0.143. The zero-order valence-corrected chi connectivity index (χ0v) is 12.7. The molecule has 0 aromatic heterocycles. The van der Waals surface area contributed by atoms with Gasteiger partial charge in [0, 0.05) is 12.0 Å². The molecule has 0 heterocycles. The highest BCUT2D eigenvalue weighted by molar-refractivity contribution is 5.83. The van der Waals surface area contributed by atoms with Gasteiger partial charge >= 0.3 is 5.97 Å². The molecule has 1 unspecified atom stereocenters. The molecule has 0 radical (unpaired) electrons. The Morgan fingerprint density at radius 2 is 1.91 bits per heavy atom. The molecule has 120 valence electrons. The summed E-state index contributed by atoms with van der Waals surface area (Å²) in [6.45, 7) is 3.82. The molecule has 0 bridgehead atoms. The standard InChI is InChI=1S/C16H21NO5/c1-11(2)15(16(20)21)17-14(19)4-3-9-22-13-7-5-12(10-18)6-8-13/h5-8,10-11,15H,3-4,9H2,1-2H3,(H,17,19)(H,20,21). The van der Waals surface area contributed by atoms with E-state index in [4.69, 9.17) is 9.84 Å². The van der Waals surface area contributed by atoms with Crippen molar-refractivity contribution in [2.24, 2.45) is 5.92 Å². The molecule has 1 atom stereocenters. The molecule has 22 heavy (non-hydrogen) atoms. The SMILES string of the molecule is CC(C)C(NC(=O)CCCOc1ccc(C=O)cc1)C(=O)O. The third kappa shape index (κ3) is 5.95. The molecule has 0 saturated heterocycles. The van der Waals surface area contributed by atoms with Crippen LogP contribution in [-0.2, 0) is 9.59 Å². The maximum atomic E-state index is 11.7. The summed E-state index contributed by atoms with van der Waals surface area (Å²) in [5.41, 5.74) is 0.570. The molecule has 1 rings (SSSR count). The van der Waals surface area contributed by atoms with Gasteiger partial charge in [-0.1, -0.05) is 13.8 Å². The van der Waals surface area contributed by atoms with Gasteiger partial charge in [0.15, 0.2) is 0 Å². The fourth-order valence-corrected chi connectivity index (χ4v) is 1.82. The van der Waals surface area contributed by atoms with Gasteiger partial charge < -0.3 is 15.2 Å². The van der Waals surface area contributed by atoms with Gasteiger partial charge in [-0.15, -0.1) is 0 Å². The molecule has 6 nitrogen and oxygen atoms in total. The predicted octanol–water partition coefficient (Wildman–Crippen LogP) is 1.88. The zero-order chi connectivity index (χ0) is 16.5. The van der Waals surface area contributed by atoms with Gasteiger partial charge in [-0.25, -0.2) is 4.79 Å². The summed E-state index contributed by atoms with van der Waals surface area (Å²) >= 11 is 0. The maximum absolute atomic E-state index is 11.7. The van der Waals surface area contributed by atoms with Crippen LogP contribution < -0.4 is 10.1 Å². The highest BCUT2D eigenvalue weighted by atomic mass is 16.5. The highest BCUT2D eigenvalue weighted by Crippen LogP contribution is 2.11. The first-order valence-corrected chi connectivity index (χ1v) is 7.14. The van der Waals surface area contributed by atoms with Crippen LogP contribution in [0.15, 0.2) is 24.3 Å². The summed E-state index contributed by atoms with van der Waals surface area (Å²) in [6, 6.07) is 5.79. The number of hydrogen-bond acceptors (Lipinski definition) is 4. The molecular weight excluding hydrogens is 286 g/mol. The number of benzene rings is 1. The number of ether oxygens (including phenoxy) is 1. The largest absolute Gasteiger partial charge is 0.494 e. The average Bonchev–Trinajstić information content (AvgIpc) is 2.49. The van der Waals surface area contributed by atoms with Crippen LogP contribution in [0.2, 0.25) is 0 Å². The highest BCUT2D eigenvalue weighted by Gasteiger charge is 2.22. The van der Waals surface area contributed by atoms with Gasteiger partial charge in [-0.3, -0.25) is 9.59 Å². The molecular formula is C16H21NO5. The Bertz CT molecular complexity index is 510. The van der Waals surface area contributed by atoms with Gasteiger partial charge in [0.1, 0.15) is 18.1 Å². The van der Waals surface area contributed by atoms with E-state index in [0.717, 1.165) is 6.29 Å². The van der Waals surface area contributed by atoms with Crippen molar-refractivity contribution in [3.8, 4) is 5.75 Å². The lowest BCUT2D eigenvalue weighted by atomic mass is 10.0. The molecule has 0 spiro atoms. The number of nitrogens with one attached hydrogen (secondary N) is 1. The zero-order valence-electron chi connectivity index (χ0n) is 12.7. The summed E-state index contributed by atoms with van der Waals surface area (Å²) in [7, 11) is 0. The van der Waals surface area contributed by atoms with E-state index in [9.17, 15) is 14.4 Å². The van der Waals surface area contributed by atoms with Crippen molar-refractivity contribution < 1.29 is 24.2 Å². The van der Waals surface area contributed by atoms with Gasteiger partial charge in [-0.05, 0) is 36.6 Å². The van der Waals surface area contributed by atoms with Crippen LogP contribution in [0.1, 0.15) is 37.0 Å². The number of amides is 1. The minimum Gasteiger partial charge on any atom is -0.494 e. The average molecular weight is 307 g/mol. The fourth-order valence-electron chi connectivity index (χ4n) is 1.82. The number of aliphatic carboxylic acids is 1. The molecule has 0 saturated carbocycles. The van der Waals surface area contributed by atoms with E-state index in [0.29, 0.717) is 24.3 Å². The normalized spacial score (nSPS) is 11.8. The molecule has 0 aliphatic rings. The smallest absolute Gasteiger partial charge is 0.326 e. The van der Waals surface area contributed by atoms with Crippen molar-refractivity contribution in [1.29, 1.82) is 0 Å². The summed E-state index contributed by atoms with van der Waals surface area (Å²) < 4.78 is 5.44. The second kappa shape index (κ2) is 8.81. The molecule has 1 aromatic rings. The predicted molar refractivity (Wildman–Crippen MR) is 81.0 cm³/mol. The third-order valence-electron chi connectivity index (χ3n) is 3.08. The van der Waals surface area contributed by atoms with Crippen LogP contribution in [0.5, 0.6) is 5.75 Å². The fraction of sp³-hybridized carbons (Fsp3) is 0.438. The number of rotatable bonds is 9. The molecule has 1 aromatic carbocycles. The van der Waals surface area contributed by atoms with Crippen LogP contribution in [0.25, 0.3) is 0 Å². The van der Waals surface area contributed by atoms with E-state index in [2.05, 4.69) is 5.32 Å². The lowest BCUT2D eigenvalue weighted by Crippen LogP contribution is -2.44. The number of carbonyl (C=O) groups excluding carboxylic acids is 2. The van der Waals surface area contributed by atoms with Crippen LogP contribution in [0.4, 0.5) is 0 Å². The van der Waals surface area contributed by atoms with E-state index in [-0.39, 0.29) is 18.2 Å². The number of carboxylic acid groups (broad SMARTS) is 1. The monoisotopic (exact) mass is 307 g/mol. The van der Waals surface area contributed by atoms with Crippen molar-refractivity contribution >= 4 is 18.2 Å². The Morgan fingerprint density at radius 1 is 1.27 bits per heavy atom. The summed E-state index contributed by atoms with van der Waals surface area (Å²) in [5.74, 6) is -0.887. The topological polar surface area (TPSA) is 92.7 Å². The van der Waals surface area contributed by atoms with Crippen molar-refractivity contribution in [2.45, 2.75) is 32.7 Å². The first-order chi connectivity index (χ1) is 10.4. The first-order valence-electron chi connectivity index (χ1n) is 7.14. The van der Waals surface area contributed by atoms with Gasteiger partial charge in [-0.2, -0.15) is 0 Å². The Balaban J connectivity index is 2.29. The van der Waals surface area contributed by atoms with E-state index in [1.165, 1.54) is 0 Å². The second-order valence-corrected chi connectivity index (χ2v) is 5.27. The van der Waals surface area contributed by atoms with E-state index in [1.54, 1.807) is 38.1 Å². The summed E-state index contributed by atoms with van der Waals surface area (Å²) in [5, 5.41) is 11.5. The Hall–Kier alpha value is -2.37. The van der Waals surface area contributed by atoms with Crippen molar-refractivity contribution in [3.63, 3.8) is 0 Å². The van der Waals surface area contributed by atoms with E-state index in [1.807, 2.05) is 0 Å². The number of aldehydes is 1. The molecule has 0 aliphatic carbocycles. The number of hydrogen-bond donors (Lipinski definition) is 2. The lowest BCUT2D eigenvalue weighted by Gasteiger charge is -2.17. The van der Waals surface area contributed by atoms with Gasteiger partial charge in [0.05, 0.1) is 6.61 Å². The molecule has 1 amide bonds. The van der Waals surface area contributed by atoms with Crippen molar-refractivity contribution in [2.75, 3.05) is 6.61 Å². The van der Waals surface area contributed by atoms with Gasteiger partial charge in [0.2, 0.25) is 5.91 Å². The molecule has 2 N–H and O–H groups in total. The number of carboxylic acids is 1. The number of carbonyl (C=O) groups is 3. The van der Waals surface area contributed by atoms with Crippen molar-refractivity contribution in [3.05, 3.63) is 29.8 Å². The molecule has 0 fully saturated rings. The van der Waals surface area contributed by atoms with E-state index < -0.39 is 12.0 Å². The Labute approximate surface area is 129 Å². The van der Waals surface area contributed by atoms with E-state index >= 15 is 0 Å². The first kappa shape index (κ1) is 17.7. The van der Waals surface area contributed by atoms with Gasteiger partial charge in [0.25, 0.3) is 0 Å². The minimum absolute atomic E-state index is 0.172. The Morgan fingerprint density at radius 3 is 2.41 bits per heavy atom. The van der Waals surface area contributed by atoms with Crippen LogP contribution in [-0.4, -0.2) is 35.9 Å². The Kier molecular flexibility index (Phi) is 7.08. The summed E-state index contributed by atoms with van der Waals surface area (Å²) in [4.78, 5) is 33.2.